The van der Waals surface area contributed by atoms with Crippen LogP contribution in [0.4, 0.5) is 0 Å². The lowest BCUT2D eigenvalue weighted by molar-refractivity contribution is 0.669. The van der Waals surface area contributed by atoms with Crippen molar-refractivity contribution in [2.75, 3.05) is 0 Å². The van der Waals surface area contributed by atoms with Gasteiger partial charge < -0.3 is 8.98 Å². The molecule has 0 radical (unpaired) electrons. The van der Waals surface area contributed by atoms with Gasteiger partial charge in [-0.05, 0) is 64.0 Å². The molecule has 0 aliphatic heterocycles. The van der Waals surface area contributed by atoms with E-state index in [1.54, 1.807) is 0 Å². The second-order valence-electron chi connectivity index (χ2n) is 14.3. The van der Waals surface area contributed by atoms with Crippen LogP contribution in [0, 0.1) is 0 Å². The van der Waals surface area contributed by atoms with Crippen molar-refractivity contribution >= 4 is 109 Å². The van der Waals surface area contributed by atoms with E-state index in [1.807, 2.05) is 0 Å². The van der Waals surface area contributed by atoms with Crippen LogP contribution in [0.3, 0.4) is 0 Å². The summed E-state index contributed by atoms with van der Waals surface area (Å²) in [5.41, 5.74) is 10.2. The number of hydrogen-bond donors (Lipinski definition) is 0. The number of furan rings is 1. The topological polar surface area (TPSA) is 39.8 Å². The second-order valence-corrected chi connectivity index (χ2v) is 14.3. The predicted molar refractivity (Wildman–Crippen MR) is 224 cm³/mol. The highest BCUT2D eigenvalue weighted by molar-refractivity contribution is 6.22. The number of para-hydroxylation sites is 5. The molecule has 5 aromatic heterocycles. The van der Waals surface area contributed by atoms with Gasteiger partial charge in [-0.15, -0.1) is 0 Å². The van der Waals surface area contributed by atoms with E-state index >= 15 is 0 Å². The molecule has 0 atom stereocenters. The first-order valence-electron chi connectivity index (χ1n) is 18.4. The summed E-state index contributed by atoms with van der Waals surface area (Å²) in [6, 6.07) is 61.1. The number of nitrogens with zero attached hydrogens (tertiary/aromatic N) is 4. The van der Waals surface area contributed by atoms with Crippen LogP contribution < -0.4 is 0 Å². The van der Waals surface area contributed by atoms with Crippen molar-refractivity contribution in [3.63, 3.8) is 0 Å². The molecular weight excluding hydrogens is 661 g/mol. The molecule has 0 aliphatic carbocycles. The van der Waals surface area contributed by atoms with Gasteiger partial charge in [-0.3, -0.25) is 8.80 Å². The molecule has 0 saturated heterocycles. The van der Waals surface area contributed by atoms with E-state index < -0.39 is 0 Å². The quantitative estimate of drug-likeness (QED) is 0.172. The van der Waals surface area contributed by atoms with Crippen molar-refractivity contribution in [2.45, 2.75) is 0 Å². The molecule has 250 valence electrons. The van der Waals surface area contributed by atoms with Crippen LogP contribution in [-0.4, -0.2) is 18.4 Å². The molecule has 54 heavy (non-hydrogen) atoms. The summed E-state index contributed by atoms with van der Waals surface area (Å²) in [5.74, 6) is 0.854. The predicted octanol–water partition coefficient (Wildman–Crippen LogP) is 12.9. The molecule has 13 rings (SSSR count). The molecule has 0 saturated carbocycles. The highest BCUT2D eigenvalue weighted by Gasteiger charge is 2.23. The number of benzene rings is 8. The van der Waals surface area contributed by atoms with Gasteiger partial charge in [0.2, 0.25) is 5.78 Å². The van der Waals surface area contributed by atoms with E-state index in [0.29, 0.717) is 0 Å². The first-order chi connectivity index (χ1) is 26.8. The van der Waals surface area contributed by atoms with Crippen LogP contribution in [0.5, 0.6) is 0 Å². The minimum Gasteiger partial charge on any atom is -0.451 e. The van der Waals surface area contributed by atoms with Crippen LogP contribution in [0.1, 0.15) is 0 Å². The molecule has 5 heteroatoms. The molecule has 13 aromatic rings. The molecule has 0 spiro atoms. The van der Waals surface area contributed by atoms with Gasteiger partial charge in [0.05, 0.1) is 38.8 Å². The Morgan fingerprint density at radius 2 is 0.815 bits per heavy atom. The Labute approximate surface area is 306 Å². The van der Waals surface area contributed by atoms with Crippen LogP contribution in [0.15, 0.2) is 174 Å². The van der Waals surface area contributed by atoms with Crippen molar-refractivity contribution in [2.24, 2.45) is 0 Å². The third-order valence-corrected chi connectivity index (χ3v) is 11.6. The van der Waals surface area contributed by atoms with E-state index in [4.69, 9.17) is 9.40 Å². The van der Waals surface area contributed by atoms with Gasteiger partial charge in [-0.1, -0.05) is 127 Å². The Bertz CT molecular complexity index is 3750. The van der Waals surface area contributed by atoms with Crippen molar-refractivity contribution in [3.05, 3.63) is 170 Å². The Morgan fingerprint density at radius 3 is 1.50 bits per heavy atom. The maximum atomic E-state index is 7.06. The Morgan fingerprint density at radius 1 is 0.333 bits per heavy atom. The van der Waals surface area contributed by atoms with Gasteiger partial charge in [0.1, 0.15) is 5.52 Å². The maximum Gasteiger partial charge on any atom is 0.220 e. The Kier molecular flexibility index (Phi) is 5.31. The summed E-state index contributed by atoms with van der Waals surface area (Å²) >= 11 is 0. The zero-order valence-electron chi connectivity index (χ0n) is 28.9. The number of imidazole rings is 2. The first-order valence-corrected chi connectivity index (χ1v) is 18.4. The molecule has 0 N–H and O–H groups in total. The van der Waals surface area contributed by atoms with E-state index in [2.05, 4.69) is 183 Å². The summed E-state index contributed by atoms with van der Waals surface area (Å²) in [5, 5.41) is 11.7. The molecule has 5 nitrogen and oxygen atoms in total. The minimum atomic E-state index is 0.795. The average molecular weight is 689 g/mol. The highest BCUT2D eigenvalue weighted by Crippen LogP contribution is 2.42. The molecule has 0 fully saturated rings. The van der Waals surface area contributed by atoms with Crippen LogP contribution in [0.2, 0.25) is 0 Å². The summed E-state index contributed by atoms with van der Waals surface area (Å²) in [6.07, 6.45) is 0. The lowest BCUT2D eigenvalue weighted by atomic mass is 10.0. The van der Waals surface area contributed by atoms with Crippen molar-refractivity contribution < 1.29 is 4.42 Å². The normalized spacial score (nSPS) is 12.4. The zero-order chi connectivity index (χ0) is 35.1. The van der Waals surface area contributed by atoms with Crippen molar-refractivity contribution in [1.82, 2.24) is 18.4 Å². The summed E-state index contributed by atoms with van der Waals surface area (Å²) < 4.78 is 14.1. The fourth-order valence-corrected chi connectivity index (χ4v) is 9.41. The smallest absolute Gasteiger partial charge is 0.220 e. The van der Waals surface area contributed by atoms with Gasteiger partial charge >= 0.3 is 0 Å². The van der Waals surface area contributed by atoms with Gasteiger partial charge in [-0.2, -0.15) is 0 Å². The van der Waals surface area contributed by atoms with E-state index in [1.165, 1.54) is 37.7 Å². The third kappa shape index (κ3) is 3.46. The Hall–Kier alpha value is -7.37. The molecule has 0 aliphatic rings. The van der Waals surface area contributed by atoms with Gasteiger partial charge in [0.25, 0.3) is 0 Å². The number of hydrogen-bond acceptors (Lipinski definition) is 2. The fourth-order valence-electron chi connectivity index (χ4n) is 9.41. The lowest BCUT2D eigenvalue weighted by Gasteiger charge is -2.08. The fraction of sp³-hybridized carbons (Fsp3) is 0. The highest BCUT2D eigenvalue weighted by atomic mass is 16.3. The molecular formula is C49H28N4O. The number of fused-ring (bicyclic) bond motifs is 19. The SMILES string of the molecule is c1cc(-n2c3ccccc3c3ccccc32)c2oc3c(ccc4c3nc3n4c4cccc5c6ccccc6c6ccccc6c6ccccc6n3c54)c2c1. The largest absolute Gasteiger partial charge is 0.451 e. The third-order valence-electron chi connectivity index (χ3n) is 11.6. The van der Waals surface area contributed by atoms with E-state index in [0.717, 1.165) is 77.4 Å². The second kappa shape index (κ2) is 10.1. The van der Waals surface area contributed by atoms with Gasteiger partial charge in [-0.25, -0.2) is 4.98 Å². The van der Waals surface area contributed by atoms with Gasteiger partial charge in [0.15, 0.2) is 11.2 Å². The Balaban J connectivity index is 1.22. The zero-order valence-corrected chi connectivity index (χ0v) is 28.9. The molecule has 0 unspecified atom stereocenters. The maximum absolute atomic E-state index is 7.06. The van der Waals surface area contributed by atoms with Gasteiger partial charge in [0, 0.05) is 32.3 Å². The van der Waals surface area contributed by atoms with Crippen molar-refractivity contribution in [1.29, 1.82) is 0 Å². The minimum absolute atomic E-state index is 0.795. The van der Waals surface area contributed by atoms with Crippen LogP contribution >= 0.6 is 0 Å². The summed E-state index contributed by atoms with van der Waals surface area (Å²) in [7, 11) is 0. The van der Waals surface area contributed by atoms with Crippen LogP contribution in [0.25, 0.3) is 115 Å². The average Bonchev–Trinajstić information content (AvgIpc) is 3.98. The monoisotopic (exact) mass is 688 g/mol. The standard InChI is InChI=1S/C49H28N4O/c1-3-15-31-29(13-1)30-14-2-4-16-32(30)36-20-11-25-43-46(36)53(41-24-10-5-17-33(31)41)49-50-45-42(52(43)49)28-27-38-37-21-12-26-44(47(37)54-48(38)45)51-39-22-8-6-18-34(39)35-19-7-9-23-40(35)51/h1-28H. The number of rotatable bonds is 1. The molecule has 8 aromatic carbocycles. The number of aromatic nitrogens is 4. The summed E-state index contributed by atoms with van der Waals surface area (Å²) in [4.78, 5) is 5.55. The van der Waals surface area contributed by atoms with Crippen LogP contribution in [-0.2, 0) is 0 Å². The lowest BCUT2D eigenvalue weighted by Crippen LogP contribution is -1.93. The molecule has 0 bridgehead atoms. The van der Waals surface area contributed by atoms with E-state index in [9.17, 15) is 0 Å². The molecule has 5 heterocycles. The first kappa shape index (κ1) is 28.2. The van der Waals surface area contributed by atoms with E-state index in [-0.39, 0.29) is 0 Å². The van der Waals surface area contributed by atoms with Crippen molar-refractivity contribution in [3.8, 4) is 5.69 Å². The molecule has 0 amide bonds. The summed E-state index contributed by atoms with van der Waals surface area (Å²) in [6.45, 7) is 0.